The molecule has 1 aromatic rings. The molecule has 0 heterocycles. The van der Waals surface area contributed by atoms with E-state index in [1.807, 2.05) is 7.11 Å². The highest BCUT2D eigenvalue weighted by atomic mass is 16.5. The van der Waals surface area contributed by atoms with Gasteiger partial charge in [-0.2, -0.15) is 0 Å². The van der Waals surface area contributed by atoms with Crippen molar-refractivity contribution in [1.82, 2.24) is 0 Å². The molecule has 0 bridgehead atoms. The van der Waals surface area contributed by atoms with Crippen LogP contribution in [-0.2, 0) is 11.2 Å². The Morgan fingerprint density at radius 2 is 1.95 bits per heavy atom. The first-order valence-electron chi connectivity index (χ1n) is 8.87. The lowest BCUT2D eigenvalue weighted by Gasteiger charge is -2.50. The van der Waals surface area contributed by atoms with Crippen LogP contribution in [0.15, 0.2) is 18.2 Å². The van der Waals surface area contributed by atoms with Crippen LogP contribution >= 0.6 is 0 Å². The molecule has 0 unspecified atom stereocenters. The number of benzene rings is 1. The molecular formula is C20H28O2. The van der Waals surface area contributed by atoms with E-state index in [9.17, 15) is 0 Å². The van der Waals surface area contributed by atoms with Crippen molar-refractivity contribution in [2.75, 3.05) is 14.2 Å². The Morgan fingerprint density at radius 1 is 1.09 bits per heavy atom. The summed E-state index contributed by atoms with van der Waals surface area (Å²) in [5.41, 5.74) is 3.56. The quantitative estimate of drug-likeness (QED) is 0.796. The highest BCUT2D eigenvalue weighted by Crippen LogP contribution is 2.61. The van der Waals surface area contributed by atoms with E-state index in [0.29, 0.717) is 11.5 Å². The summed E-state index contributed by atoms with van der Waals surface area (Å²) in [7, 11) is 3.68. The summed E-state index contributed by atoms with van der Waals surface area (Å²) < 4.78 is 11.3. The molecule has 3 aliphatic rings. The Kier molecular flexibility index (Phi) is 3.48. The summed E-state index contributed by atoms with van der Waals surface area (Å²) in [4.78, 5) is 0. The fraction of sp³-hybridized carbons (Fsp3) is 0.700. The number of aryl methyl sites for hydroxylation is 1. The van der Waals surface area contributed by atoms with Crippen LogP contribution in [-0.4, -0.2) is 20.3 Å². The van der Waals surface area contributed by atoms with Crippen molar-refractivity contribution in [1.29, 1.82) is 0 Å². The van der Waals surface area contributed by atoms with Gasteiger partial charge in [-0.25, -0.2) is 0 Å². The summed E-state index contributed by atoms with van der Waals surface area (Å²) >= 11 is 0. The van der Waals surface area contributed by atoms with Crippen molar-refractivity contribution in [3.63, 3.8) is 0 Å². The van der Waals surface area contributed by atoms with E-state index >= 15 is 0 Å². The van der Waals surface area contributed by atoms with Crippen molar-refractivity contribution in [2.45, 2.75) is 57.5 Å². The average Bonchev–Trinajstić information content (AvgIpc) is 2.90. The Labute approximate surface area is 134 Å². The van der Waals surface area contributed by atoms with Crippen molar-refractivity contribution < 1.29 is 9.47 Å². The Morgan fingerprint density at radius 3 is 2.73 bits per heavy atom. The van der Waals surface area contributed by atoms with Crippen molar-refractivity contribution in [2.24, 2.45) is 17.3 Å². The molecule has 0 N–H and O–H groups in total. The molecule has 0 amide bonds. The van der Waals surface area contributed by atoms with Crippen LogP contribution in [0.5, 0.6) is 5.75 Å². The van der Waals surface area contributed by atoms with E-state index in [1.54, 1.807) is 12.7 Å². The third kappa shape index (κ3) is 1.96. The number of rotatable bonds is 2. The first-order chi connectivity index (χ1) is 10.7. The maximum absolute atomic E-state index is 5.85. The number of methoxy groups -OCH3 is 2. The zero-order valence-corrected chi connectivity index (χ0v) is 14.1. The lowest BCUT2D eigenvalue weighted by atomic mass is 9.55. The lowest BCUT2D eigenvalue weighted by Crippen LogP contribution is -2.44. The SMILES string of the molecule is COc1ccc2c(c1)CC[C@@H]1[C@@H]2CC[C@]2(C)[C@H](OC)CC[C@@H]12. The molecule has 3 aliphatic carbocycles. The second-order valence-electron chi connectivity index (χ2n) is 7.83. The molecule has 0 radical (unpaired) electrons. The summed E-state index contributed by atoms with van der Waals surface area (Å²) in [5.74, 6) is 3.49. The van der Waals surface area contributed by atoms with Crippen molar-refractivity contribution in [3.05, 3.63) is 29.3 Å². The topological polar surface area (TPSA) is 18.5 Å². The van der Waals surface area contributed by atoms with Gasteiger partial charge < -0.3 is 9.47 Å². The van der Waals surface area contributed by atoms with Gasteiger partial charge in [0.2, 0.25) is 0 Å². The van der Waals surface area contributed by atoms with E-state index in [1.165, 1.54) is 44.1 Å². The van der Waals surface area contributed by atoms with Crippen LogP contribution in [0.25, 0.3) is 0 Å². The monoisotopic (exact) mass is 300 g/mol. The first kappa shape index (κ1) is 14.6. The summed E-state index contributed by atoms with van der Waals surface area (Å²) in [6.07, 6.45) is 8.33. The van der Waals surface area contributed by atoms with Gasteiger partial charge >= 0.3 is 0 Å². The predicted molar refractivity (Wildman–Crippen MR) is 88.4 cm³/mol. The standard InChI is InChI=1S/C20H28O2/c1-20-11-10-16-15-7-5-14(21-2)12-13(15)4-6-17(16)18(20)8-9-19(20)22-3/h5,7,12,16-19H,4,6,8-11H2,1-3H3/t16-,17-,18+,19-,20+/m1/s1. The van der Waals surface area contributed by atoms with Gasteiger partial charge in [-0.3, -0.25) is 0 Å². The lowest BCUT2D eigenvalue weighted by molar-refractivity contribution is -0.0444. The molecule has 22 heavy (non-hydrogen) atoms. The van der Waals surface area contributed by atoms with Crippen LogP contribution in [0.1, 0.15) is 56.1 Å². The van der Waals surface area contributed by atoms with E-state index in [2.05, 4.69) is 25.1 Å². The van der Waals surface area contributed by atoms with Crippen LogP contribution in [0.3, 0.4) is 0 Å². The van der Waals surface area contributed by atoms with Crippen molar-refractivity contribution >= 4 is 0 Å². The van der Waals surface area contributed by atoms with Gasteiger partial charge in [-0.15, -0.1) is 0 Å². The highest BCUT2D eigenvalue weighted by molar-refractivity contribution is 5.40. The maximum atomic E-state index is 5.85. The molecule has 4 rings (SSSR count). The van der Waals surface area contributed by atoms with Crippen LogP contribution < -0.4 is 4.74 Å². The maximum Gasteiger partial charge on any atom is 0.119 e. The van der Waals surface area contributed by atoms with Crippen LogP contribution in [0, 0.1) is 17.3 Å². The molecule has 0 spiro atoms. The second kappa shape index (κ2) is 5.26. The zero-order valence-electron chi connectivity index (χ0n) is 14.1. The van der Waals surface area contributed by atoms with Gasteiger partial charge in [0.05, 0.1) is 13.2 Å². The highest BCUT2D eigenvalue weighted by Gasteiger charge is 2.54. The second-order valence-corrected chi connectivity index (χ2v) is 7.83. The van der Waals surface area contributed by atoms with Gasteiger partial charge in [0.1, 0.15) is 5.75 Å². The van der Waals surface area contributed by atoms with Crippen LogP contribution in [0.2, 0.25) is 0 Å². The average molecular weight is 300 g/mol. The summed E-state index contributed by atoms with van der Waals surface area (Å²) in [6.45, 7) is 2.50. The van der Waals surface area contributed by atoms with Gasteiger partial charge in [0.15, 0.2) is 0 Å². The number of hydrogen-bond donors (Lipinski definition) is 0. The molecule has 0 aliphatic heterocycles. The third-order valence-electron chi connectivity index (χ3n) is 7.13. The molecule has 2 heteroatoms. The van der Waals surface area contributed by atoms with Gasteiger partial charge in [0, 0.05) is 7.11 Å². The Hall–Kier alpha value is -1.02. The summed E-state index contributed by atoms with van der Waals surface area (Å²) in [5, 5.41) is 0. The molecule has 2 nitrogen and oxygen atoms in total. The molecule has 2 saturated carbocycles. The van der Waals surface area contributed by atoms with Crippen LogP contribution in [0.4, 0.5) is 0 Å². The zero-order chi connectivity index (χ0) is 15.3. The van der Waals surface area contributed by atoms with E-state index < -0.39 is 0 Å². The van der Waals surface area contributed by atoms with Crippen molar-refractivity contribution in [3.8, 4) is 5.75 Å². The molecule has 2 fully saturated rings. The molecule has 1 aromatic carbocycles. The molecule has 0 saturated heterocycles. The fourth-order valence-corrected chi connectivity index (χ4v) is 6.02. The fourth-order valence-electron chi connectivity index (χ4n) is 6.02. The predicted octanol–water partition coefficient (Wildman–Crippen LogP) is 4.57. The number of fused-ring (bicyclic) bond motifs is 5. The third-order valence-corrected chi connectivity index (χ3v) is 7.13. The minimum Gasteiger partial charge on any atom is -0.497 e. The van der Waals surface area contributed by atoms with Gasteiger partial charge in [-0.1, -0.05) is 13.0 Å². The smallest absolute Gasteiger partial charge is 0.119 e. The minimum atomic E-state index is 0.417. The number of ether oxygens (including phenoxy) is 2. The van der Waals surface area contributed by atoms with E-state index in [4.69, 9.17) is 9.47 Å². The van der Waals surface area contributed by atoms with E-state index in [0.717, 1.165) is 23.5 Å². The molecular weight excluding hydrogens is 272 g/mol. The molecule has 120 valence electrons. The van der Waals surface area contributed by atoms with Gasteiger partial charge in [0.25, 0.3) is 0 Å². The van der Waals surface area contributed by atoms with E-state index in [-0.39, 0.29) is 0 Å². The Bertz CT molecular complexity index is 567. The molecule has 5 atom stereocenters. The molecule has 0 aromatic heterocycles. The minimum absolute atomic E-state index is 0.417. The van der Waals surface area contributed by atoms with Gasteiger partial charge in [-0.05, 0) is 85.0 Å². The normalized spacial score (nSPS) is 39.8. The largest absolute Gasteiger partial charge is 0.497 e. The summed E-state index contributed by atoms with van der Waals surface area (Å²) in [6, 6.07) is 6.77. The number of hydrogen-bond acceptors (Lipinski definition) is 2. The Balaban J connectivity index is 1.66. The first-order valence-corrected chi connectivity index (χ1v) is 8.87.